The molecule has 3 rings (SSSR count). The molecular weight excluding hydrogens is 374 g/mol. The van der Waals surface area contributed by atoms with Crippen molar-refractivity contribution in [3.63, 3.8) is 0 Å². The molecule has 5 atom stereocenters. The number of azide groups is 1. The standard InChI is InChI=1S/C21H25N3O5/c1-26-21-18(23-24-22)20(28-13-16-10-6-3-7-11-16)19(25)17(29-21)14-27-12-15-8-4-2-5-9-15/h2-11,17-21,25H,12-14H2,1H3/t17-,18+,19-,20-,21+/m1/s1. The van der Waals surface area contributed by atoms with E-state index in [1.54, 1.807) is 0 Å². The summed E-state index contributed by atoms with van der Waals surface area (Å²) in [5.41, 5.74) is 10.9. The summed E-state index contributed by atoms with van der Waals surface area (Å²) in [5, 5.41) is 14.6. The first-order valence-corrected chi connectivity index (χ1v) is 9.40. The molecule has 0 bridgehead atoms. The van der Waals surface area contributed by atoms with Gasteiger partial charge >= 0.3 is 0 Å². The maximum atomic E-state index is 10.8. The Morgan fingerprint density at radius 1 is 1.03 bits per heavy atom. The molecule has 8 nitrogen and oxygen atoms in total. The van der Waals surface area contributed by atoms with Crippen molar-refractivity contribution in [3.8, 4) is 0 Å². The van der Waals surface area contributed by atoms with Gasteiger partial charge in [-0.2, -0.15) is 0 Å². The second kappa shape index (κ2) is 10.9. The maximum Gasteiger partial charge on any atom is 0.168 e. The first kappa shape index (κ1) is 21.3. The maximum absolute atomic E-state index is 10.8. The summed E-state index contributed by atoms with van der Waals surface area (Å²) < 4.78 is 22.8. The van der Waals surface area contributed by atoms with Crippen molar-refractivity contribution in [2.24, 2.45) is 5.11 Å². The SMILES string of the molecule is CO[C@H]1O[C@H](COCc2ccccc2)[C@@H](O)[C@H](OCc2ccccc2)[C@@H]1N=[N+]=[N-]. The second-order valence-electron chi connectivity index (χ2n) is 6.73. The van der Waals surface area contributed by atoms with Crippen LogP contribution in [0.4, 0.5) is 0 Å². The third-order valence-corrected chi connectivity index (χ3v) is 4.74. The van der Waals surface area contributed by atoms with E-state index in [0.29, 0.717) is 6.61 Å². The lowest BCUT2D eigenvalue weighted by molar-refractivity contribution is -0.270. The van der Waals surface area contributed by atoms with Crippen LogP contribution in [0.1, 0.15) is 11.1 Å². The van der Waals surface area contributed by atoms with Crippen LogP contribution in [0.15, 0.2) is 65.8 Å². The highest BCUT2D eigenvalue weighted by molar-refractivity contribution is 5.14. The fourth-order valence-electron chi connectivity index (χ4n) is 3.25. The Morgan fingerprint density at radius 2 is 1.66 bits per heavy atom. The fraction of sp³-hybridized carbons (Fsp3) is 0.429. The van der Waals surface area contributed by atoms with E-state index < -0.39 is 30.6 Å². The molecule has 0 saturated carbocycles. The van der Waals surface area contributed by atoms with E-state index in [2.05, 4.69) is 10.0 Å². The zero-order valence-corrected chi connectivity index (χ0v) is 16.2. The van der Waals surface area contributed by atoms with Gasteiger partial charge in [0.15, 0.2) is 6.29 Å². The zero-order chi connectivity index (χ0) is 20.5. The van der Waals surface area contributed by atoms with Crippen molar-refractivity contribution in [1.82, 2.24) is 0 Å². The Kier molecular flexibility index (Phi) is 8.01. The summed E-state index contributed by atoms with van der Waals surface area (Å²) in [6.45, 7) is 0.790. The van der Waals surface area contributed by atoms with Gasteiger partial charge in [-0.15, -0.1) is 0 Å². The molecule has 8 heteroatoms. The number of benzene rings is 2. The molecule has 2 aromatic carbocycles. The molecule has 0 aliphatic carbocycles. The average molecular weight is 399 g/mol. The van der Waals surface area contributed by atoms with Gasteiger partial charge in [-0.05, 0) is 16.7 Å². The number of nitrogens with zero attached hydrogens (tertiary/aromatic N) is 3. The number of aliphatic hydroxyl groups is 1. The van der Waals surface area contributed by atoms with Crippen LogP contribution in [0.25, 0.3) is 10.4 Å². The zero-order valence-electron chi connectivity index (χ0n) is 16.2. The largest absolute Gasteiger partial charge is 0.388 e. The predicted molar refractivity (Wildman–Crippen MR) is 106 cm³/mol. The third kappa shape index (κ3) is 5.77. The lowest BCUT2D eigenvalue weighted by Gasteiger charge is -2.42. The molecule has 2 aromatic rings. The summed E-state index contributed by atoms with van der Waals surface area (Å²) in [7, 11) is 1.46. The smallest absolute Gasteiger partial charge is 0.168 e. The summed E-state index contributed by atoms with van der Waals surface area (Å²) in [6.07, 6.45) is -3.37. The van der Waals surface area contributed by atoms with Gasteiger partial charge in [-0.3, -0.25) is 0 Å². The molecule has 0 aromatic heterocycles. The molecule has 0 spiro atoms. The topological polar surface area (TPSA) is 106 Å². The summed E-state index contributed by atoms with van der Waals surface area (Å²) in [4.78, 5) is 2.87. The lowest BCUT2D eigenvalue weighted by Crippen LogP contribution is -2.59. The lowest BCUT2D eigenvalue weighted by atomic mass is 9.97. The van der Waals surface area contributed by atoms with Crippen LogP contribution in [0.5, 0.6) is 0 Å². The number of ether oxygens (including phenoxy) is 4. The van der Waals surface area contributed by atoms with Gasteiger partial charge in [0.1, 0.15) is 18.2 Å². The molecule has 154 valence electrons. The Labute approximate surface area is 169 Å². The van der Waals surface area contributed by atoms with Gasteiger partial charge in [0.05, 0.1) is 25.9 Å². The van der Waals surface area contributed by atoms with Gasteiger partial charge in [-0.1, -0.05) is 65.8 Å². The Bertz CT molecular complexity index is 785. The summed E-state index contributed by atoms with van der Waals surface area (Å²) in [5.74, 6) is 0. The molecular formula is C21H25N3O5. The summed E-state index contributed by atoms with van der Waals surface area (Å²) >= 11 is 0. The molecule has 29 heavy (non-hydrogen) atoms. The summed E-state index contributed by atoms with van der Waals surface area (Å²) in [6, 6.07) is 18.5. The minimum absolute atomic E-state index is 0.143. The van der Waals surface area contributed by atoms with E-state index in [4.69, 9.17) is 24.5 Å². The van der Waals surface area contributed by atoms with E-state index in [9.17, 15) is 5.11 Å². The van der Waals surface area contributed by atoms with Crippen molar-refractivity contribution >= 4 is 0 Å². The van der Waals surface area contributed by atoms with E-state index in [1.807, 2.05) is 60.7 Å². The Hall–Kier alpha value is -2.45. The first-order chi connectivity index (χ1) is 14.2. The first-order valence-electron chi connectivity index (χ1n) is 9.40. The molecule has 0 radical (unpaired) electrons. The predicted octanol–water partition coefficient (Wildman–Crippen LogP) is 3.20. The number of methoxy groups -OCH3 is 1. The quantitative estimate of drug-likeness (QED) is 0.396. The molecule has 1 saturated heterocycles. The molecule has 0 amide bonds. The van der Waals surface area contributed by atoms with Crippen molar-refractivity contribution in [2.45, 2.75) is 43.9 Å². The van der Waals surface area contributed by atoms with Crippen molar-refractivity contribution in [3.05, 3.63) is 82.2 Å². The van der Waals surface area contributed by atoms with Crippen LogP contribution in [-0.2, 0) is 32.2 Å². The van der Waals surface area contributed by atoms with Crippen molar-refractivity contribution in [2.75, 3.05) is 13.7 Å². The molecule has 1 aliphatic rings. The van der Waals surface area contributed by atoms with Crippen molar-refractivity contribution < 1.29 is 24.1 Å². The molecule has 1 N–H and O–H groups in total. The minimum Gasteiger partial charge on any atom is -0.388 e. The van der Waals surface area contributed by atoms with E-state index >= 15 is 0 Å². The van der Waals surface area contributed by atoms with Gasteiger partial charge in [0, 0.05) is 12.0 Å². The molecule has 1 aliphatic heterocycles. The normalized spacial score (nSPS) is 26.6. The van der Waals surface area contributed by atoms with Gasteiger partial charge in [0.2, 0.25) is 0 Å². The van der Waals surface area contributed by atoms with E-state index in [1.165, 1.54) is 7.11 Å². The minimum atomic E-state index is -1.05. The van der Waals surface area contributed by atoms with Crippen LogP contribution in [-0.4, -0.2) is 49.5 Å². The average Bonchev–Trinajstić information content (AvgIpc) is 2.76. The highest BCUT2D eigenvalue weighted by Crippen LogP contribution is 2.28. The van der Waals surface area contributed by atoms with Crippen LogP contribution in [0, 0.1) is 0 Å². The third-order valence-electron chi connectivity index (χ3n) is 4.74. The van der Waals surface area contributed by atoms with E-state index in [-0.39, 0.29) is 13.2 Å². The highest BCUT2D eigenvalue weighted by Gasteiger charge is 2.46. The molecule has 0 unspecified atom stereocenters. The Balaban J connectivity index is 1.67. The van der Waals surface area contributed by atoms with Gasteiger partial charge in [0.25, 0.3) is 0 Å². The highest BCUT2D eigenvalue weighted by atomic mass is 16.7. The number of rotatable bonds is 9. The van der Waals surface area contributed by atoms with Crippen LogP contribution >= 0.6 is 0 Å². The van der Waals surface area contributed by atoms with Crippen LogP contribution in [0.2, 0.25) is 0 Å². The number of hydrogen-bond donors (Lipinski definition) is 1. The molecule has 1 heterocycles. The monoisotopic (exact) mass is 399 g/mol. The number of aliphatic hydroxyl groups excluding tert-OH is 1. The van der Waals surface area contributed by atoms with Gasteiger partial charge in [-0.25, -0.2) is 0 Å². The van der Waals surface area contributed by atoms with Crippen molar-refractivity contribution in [1.29, 1.82) is 0 Å². The number of hydrogen-bond acceptors (Lipinski definition) is 6. The van der Waals surface area contributed by atoms with Gasteiger partial charge < -0.3 is 24.1 Å². The van der Waals surface area contributed by atoms with Crippen LogP contribution in [0.3, 0.4) is 0 Å². The van der Waals surface area contributed by atoms with E-state index in [0.717, 1.165) is 11.1 Å². The molecule has 1 fully saturated rings. The Morgan fingerprint density at radius 3 is 2.24 bits per heavy atom. The fourth-order valence-corrected chi connectivity index (χ4v) is 3.25. The second-order valence-corrected chi connectivity index (χ2v) is 6.73. The van der Waals surface area contributed by atoms with Crippen LogP contribution < -0.4 is 0 Å².